The van der Waals surface area contributed by atoms with Gasteiger partial charge in [-0.15, -0.1) is 11.8 Å². The molecule has 1 aromatic carbocycles. The van der Waals surface area contributed by atoms with E-state index >= 15 is 0 Å². The summed E-state index contributed by atoms with van der Waals surface area (Å²) in [6.45, 7) is 3.80. The van der Waals surface area contributed by atoms with Crippen LogP contribution in [0.5, 0.6) is 0 Å². The molecule has 1 amide bonds. The summed E-state index contributed by atoms with van der Waals surface area (Å²) in [5, 5.41) is 7.70. The number of amides is 1. The van der Waals surface area contributed by atoms with Crippen molar-refractivity contribution in [3.05, 3.63) is 41.3 Å². The molecule has 1 aliphatic carbocycles. The average molecular weight is 344 g/mol. The van der Waals surface area contributed by atoms with Crippen molar-refractivity contribution in [1.29, 1.82) is 0 Å². The molecular formula is C19H24N2O2S. The predicted octanol–water partition coefficient (Wildman–Crippen LogP) is 4.90. The standard InChI is InChI=1S/C19H24N2O2S/c1-13-16(14(2)23-21-13)11-12-19(22)20-17-9-5-6-10-18(17)24-15-7-3-4-8-15/h5-6,9-10,15H,3-4,7-8,11-12H2,1-2H3,(H,20,22). The number of rotatable bonds is 6. The Balaban J connectivity index is 1.59. The fraction of sp³-hybridized carbons (Fsp3) is 0.474. The molecule has 1 N–H and O–H groups in total. The Morgan fingerprint density at radius 2 is 2.04 bits per heavy atom. The molecule has 0 bridgehead atoms. The summed E-state index contributed by atoms with van der Waals surface area (Å²) in [6, 6.07) is 8.11. The van der Waals surface area contributed by atoms with Crippen molar-refractivity contribution in [1.82, 2.24) is 5.16 Å². The summed E-state index contributed by atoms with van der Waals surface area (Å²) < 4.78 is 5.15. The van der Waals surface area contributed by atoms with Gasteiger partial charge in [-0.2, -0.15) is 0 Å². The first-order chi connectivity index (χ1) is 11.6. The molecule has 1 fully saturated rings. The number of para-hydroxylation sites is 1. The van der Waals surface area contributed by atoms with Crippen molar-refractivity contribution in [3.63, 3.8) is 0 Å². The molecule has 0 radical (unpaired) electrons. The van der Waals surface area contributed by atoms with E-state index in [0.717, 1.165) is 22.7 Å². The molecule has 2 aromatic rings. The van der Waals surface area contributed by atoms with Crippen LogP contribution < -0.4 is 5.32 Å². The number of nitrogens with one attached hydrogen (secondary N) is 1. The highest BCUT2D eigenvalue weighted by molar-refractivity contribution is 8.00. The molecule has 0 atom stereocenters. The Labute approximate surface area is 147 Å². The predicted molar refractivity (Wildman–Crippen MR) is 97.5 cm³/mol. The van der Waals surface area contributed by atoms with E-state index in [1.807, 2.05) is 43.8 Å². The molecule has 24 heavy (non-hydrogen) atoms. The molecule has 0 unspecified atom stereocenters. The third-order valence-electron chi connectivity index (χ3n) is 4.54. The summed E-state index contributed by atoms with van der Waals surface area (Å²) in [4.78, 5) is 13.5. The van der Waals surface area contributed by atoms with Gasteiger partial charge >= 0.3 is 0 Å². The van der Waals surface area contributed by atoms with Gasteiger partial charge in [-0.25, -0.2) is 0 Å². The van der Waals surface area contributed by atoms with Gasteiger partial charge in [0.1, 0.15) is 5.76 Å². The maximum atomic E-state index is 12.3. The van der Waals surface area contributed by atoms with Crippen LogP contribution in [0.1, 0.15) is 49.1 Å². The van der Waals surface area contributed by atoms with Crippen LogP contribution >= 0.6 is 11.8 Å². The van der Waals surface area contributed by atoms with Crippen molar-refractivity contribution in [2.45, 2.75) is 62.5 Å². The molecule has 1 heterocycles. The minimum atomic E-state index is 0.0365. The van der Waals surface area contributed by atoms with E-state index in [9.17, 15) is 4.79 Å². The molecule has 0 saturated heterocycles. The number of aromatic nitrogens is 1. The second-order valence-corrected chi connectivity index (χ2v) is 7.71. The Bertz CT molecular complexity index is 686. The van der Waals surface area contributed by atoms with Crippen molar-refractivity contribution in [2.75, 3.05) is 5.32 Å². The van der Waals surface area contributed by atoms with E-state index in [1.54, 1.807) is 0 Å². The summed E-state index contributed by atoms with van der Waals surface area (Å²) in [6.07, 6.45) is 6.29. The van der Waals surface area contributed by atoms with Crippen LogP contribution in [-0.2, 0) is 11.2 Å². The molecule has 0 aliphatic heterocycles. The highest BCUT2D eigenvalue weighted by Crippen LogP contribution is 2.38. The number of hydrogen-bond acceptors (Lipinski definition) is 4. The van der Waals surface area contributed by atoms with E-state index in [1.165, 1.54) is 30.6 Å². The van der Waals surface area contributed by atoms with E-state index in [0.29, 0.717) is 18.1 Å². The Morgan fingerprint density at radius 3 is 2.75 bits per heavy atom. The van der Waals surface area contributed by atoms with Crippen LogP contribution in [0.25, 0.3) is 0 Å². The number of carbonyl (C=O) groups excluding carboxylic acids is 1. The summed E-state index contributed by atoms with van der Waals surface area (Å²) in [5.41, 5.74) is 2.84. The zero-order valence-electron chi connectivity index (χ0n) is 14.3. The Morgan fingerprint density at radius 1 is 1.29 bits per heavy atom. The zero-order valence-corrected chi connectivity index (χ0v) is 15.1. The second-order valence-electron chi connectivity index (χ2n) is 6.37. The lowest BCUT2D eigenvalue weighted by Crippen LogP contribution is -2.13. The molecule has 1 aromatic heterocycles. The topological polar surface area (TPSA) is 55.1 Å². The van der Waals surface area contributed by atoms with Gasteiger partial charge < -0.3 is 9.84 Å². The third-order valence-corrected chi connectivity index (χ3v) is 5.95. The van der Waals surface area contributed by atoms with Crippen LogP contribution in [0.3, 0.4) is 0 Å². The number of benzene rings is 1. The number of nitrogens with zero attached hydrogens (tertiary/aromatic N) is 1. The largest absolute Gasteiger partial charge is 0.361 e. The lowest BCUT2D eigenvalue weighted by molar-refractivity contribution is -0.116. The smallest absolute Gasteiger partial charge is 0.224 e. The summed E-state index contributed by atoms with van der Waals surface area (Å²) in [5.74, 6) is 0.840. The van der Waals surface area contributed by atoms with Crippen molar-refractivity contribution in [2.24, 2.45) is 0 Å². The zero-order chi connectivity index (χ0) is 16.9. The monoisotopic (exact) mass is 344 g/mol. The molecule has 3 rings (SSSR count). The molecule has 1 saturated carbocycles. The first-order valence-corrected chi connectivity index (χ1v) is 9.48. The van der Waals surface area contributed by atoms with E-state index < -0.39 is 0 Å². The number of carbonyl (C=O) groups is 1. The van der Waals surface area contributed by atoms with E-state index in [4.69, 9.17) is 4.52 Å². The van der Waals surface area contributed by atoms with Gasteiger partial charge in [-0.05, 0) is 45.2 Å². The van der Waals surface area contributed by atoms with Crippen molar-refractivity contribution >= 4 is 23.4 Å². The number of aryl methyl sites for hydroxylation is 2. The van der Waals surface area contributed by atoms with Gasteiger partial charge in [0.25, 0.3) is 0 Å². The van der Waals surface area contributed by atoms with Crippen LogP contribution in [-0.4, -0.2) is 16.3 Å². The van der Waals surface area contributed by atoms with Crippen molar-refractivity contribution < 1.29 is 9.32 Å². The molecule has 4 nitrogen and oxygen atoms in total. The summed E-state index contributed by atoms with van der Waals surface area (Å²) in [7, 11) is 0. The SMILES string of the molecule is Cc1noc(C)c1CCC(=O)Nc1ccccc1SC1CCCC1. The fourth-order valence-electron chi connectivity index (χ4n) is 3.17. The van der Waals surface area contributed by atoms with Crippen LogP contribution in [0, 0.1) is 13.8 Å². The second kappa shape index (κ2) is 7.88. The molecule has 5 heteroatoms. The van der Waals surface area contributed by atoms with Gasteiger partial charge in [-0.3, -0.25) is 4.79 Å². The van der Waals surface area contributed by atoms with Crippen molar-refractivity contribution in [3.8, 4) is 0 Å². The Hall–Kier alpha value is -1.75. The van der Waals surface area contributed by atoms with Crippen LogP contribution in [0.15, 0.2) is 33.7 Å². The lowest BCUT2D eigenvalue weighted by atomic mass is 10.1. The van der Waals surface area contributed by atoms with Crippen LogP contribution in [0.2, 0.25) is 0 Å². The van der Waals surface area contributed by atoms with Gasteiger partial charge in [0.05, 0.1) is 11.4 Å². The minimum absolute atomic E-state index is 0.0365. The van der Waals surface area contributed by atoms with Crippen LogP contribution in [0.4, 0.5) is 5.69 Å². The molecule has 128 valence electrons. The van der Waals surface area contributed by atoms with E-state index in [2.05, 4.69) is 16.5 Å². The molecule has 1 aliphatic rings. The van der Waals surface area contributed by atoms with Gasteiger partial charge in [0.2, 0.25) is 5.91 Å². The highest BCUT2D eigenvalue weighted by atomic mass is 32.2. The fourth-order valence-corrected chi connectivity index (χ4v) is 4.50. The third kappa shape index (κ3) is 4.20. The maximum absolute atomic E-state index is 12.3. The van der Waals surface area contributed by atoms with Gasteiger partial charge in [0.15, 0.2) is 0 Å². The Kier molecular flexibility index (Phi) is 5.61. The first-order valence-electron chi connectivity index (χ1n) is 8.61. The van der Waals surface area contributed by atoms with E-state index in [-0.39, 0.29) is 5.91 Å². The summed E-state index contributed by atoms with van der Waals surface area (Å²) >= 11 is 1.90. The first kappa shape index (κ1) is 17.1. The lowest BCUT2D eigenvalue weighted by Gasteiger charge is -2.14. The number of thioether (sulfide) groups is 1. The molecular weight excluding hydrogens is 320 g/mol. The van der Waals surface area contributed by atoms with Gasteiger partial charge in [0, 0.05) is 22.1 Å². The maximum Gasteiger partial charge on any atom is 0.224 e. The normalized spacial score (nSPS) is 14.9. The molecule has 0 spiro atoms. The number of anilines is 1. The van der Waals surface area contributed by atoms with Gasteiger partial charge in [-0.1, -0.05) is 30.1 Å². The average Bonchev–Trinajstić information content (AvgIpc) is 3.18. The minimum Gasteiger partial charge on any atom is -0.361 e. The quantitative estimate of drug-likeness (QED) is 0.810. The number of hydrogen-bond donors (Lipinski definition) is 1. The highest BCUT2D eigenvalue weighted by Gasteiger charge is 2.18.